The quantitative estimate of drug-likeness (QED) is 0.524. The molecule has 9 heteroatoms. The van der Waals surface area contributed by atoms with Crippen molar-refractivity contribution in [3.63, 3.8) is 0 Å². The average Bonchev–Trinajstić information content (AvgIpc) is 3.38. The first kappa shape index (κ1) is 22.5. The topological polar surface area (TPSA) is 81.8 Å². The second kappa shape index (κ2) is 10.3. The summed E-state index contributed by atoms with van der Waals surface area (Å²) in [6.07, 6.45) is 4.84. The number of piperidine rings is 1. The number of nitrogens with one attached hydrogen (secondary N) is 2. The van der Waals surface area contributed by atoms with Gasteiger partial charge in [-0.15, -0.1) is 0 Å². The zero-order chi connectivity index (χ0) is 22.5. The van der Waals surface area contributed by atoms with Crippen LogP contribution in [-0.2, 0) is 6.54 Å². The van der Waals surface area contributed by atoms with E-state index in [0.29, 0.717) is 18.3 Å². The maximum atomic E-state index is 14.0. The number of aryl methyl sites for hydroxylation is 2. The highest BCUT2D eigenvalue weighted by molar-refractivity contribution is 5.80. The number of nitrogens with zero attached hydrogens (tertiary/aromatic N) is 5. The molecule has 8 nitrogen and oxygen atoms in total. The van der Waals surface area contributed by atoms with E-state index >= 15 is 0 Å². The van der Waals surface area contributed by atoms with E-state index in [1.54, 1.807) is 19.3 Å². The molecule has 174 valence electrons. The molecule has 2 aliphatic heterocycles. The highest BCUT2D eigenvalue weighted by Crippen LogP contribution is 2.21. The highest BCUT2D eigenvalue weighted by Gasteiger charge is 2.26. The molecule has 4 rings (SSSR count). The summed E-state index contributed by atoms with van der Waals surface area (Å²) >= 11 is 0. The minimum atomic E-state index is -0.268. The van der Waals surface area contributed by atoms with Crippen molar-refractivity contribution < 1.29 is 8.81 Å². The molecule has 2 fully saturated rings. The lowest BCUT2D eigenvalue weighted by molar-refractivity contribution is 0.164. The fourth-order valence-corrected chi connectivity index (χ4v) is 4.46. The molecular weight excluding hydrogens is 409 g/mol. The Balaban J connectivity index is 1.18. The van der Waals surface area contributed by atoms with Crippen LogP contribution in [0.3, 0.4) is 0 Å². The van der Waals surface area contributed by atoms with E-state index in [-0.39, 0.29) is 11.9 Å². The largest absolute Gasteiger partial charge is 0.444 e. The summed E-state index contributed by atoms with van der Waals surface area (Å²) in [7, 11) is 1.80. The monoisotopic (exact) mass is 443 g/mol. The number of pyridine rings is 1. The van der Waals surface area contributed by atoms with Crippen molar-refractivity contribution in [3.05, 3.63) is 41.5 Å². The van der Waals surface area contributed by atoms with Crippen LogP contribution in [0.25, 0.3) is 0 Å². The van der Waals surface area contributed by atoms with Crippen LogP contribution < -0.4 is 15.5 Å². The normalized spacial score (nSPS) is 20.7. The van der Waals surface area contributed by atoms with Crippen molar-refractivity contribution in [2.75, 3.05) is 44.7 Å². The van der Waals surface area contributed by atoms with Crippen molar-refractivity contribution in [1.82, 2.24) is 25.5 Å². The van der Waals surface area contributed by atoms with Crippen LogP contribution in [-0.4, -0.2) is 66.6 Å². The summed E-state index contributed by atoms with van der Waals surface area (Å²) < 4.78 is 19.7. The fraction of sp³-hybridized carbons (Fsp3) is 0.609. The number of oxazole rings is 1. The second-order valence-corrected chi connectivity index (χ2v) is 8.81. The van der Waals surface area contributed by atoms with Crippen LogP contribution >= 0.6 is 0 Å². The van der Waals surface area contributed by atoms with E-state index in [1.165, 1.54) is 6.07 Å². The first-order valence-corrected chi connectivity index (χ1v) is 11.5. The Morgan fingerprint density at radius 2 is 2.06 bits per heavy atom. The van der Waals surface area contributed by atoms with E-state index in [0.717, 1.165) is 75.3 Å². The van der Waals surface area contributed by atoms with E-state index in [2.05, 4.69) is 30.5 Å². The van der Waals surface area contributed by atoms with Gasteiger partial charge in [0, 0.05) is 38.9 Å². The van der Waals surface area contributed by atoms with Gasteiger partial charge in [0.2, 0.25) is 5.89 Å². The first-order valence-electron chi connectivity index (χ1n) is 11.5. The van der Waals surface area contributed by atoms with Gasteiger partial charge in [0.05, 0.1) is 12.2 Å². The molecule has 4 heterocycles. The zero-order valence-corrected chi connectivity index (χ0v) is 19.3. The third-order valence-corrected chi connectivity index (χ3v) is 6.49. The molecule has 1 unspecified atom stereocenters. The van der Waals surface area contributed by atoms with Gasteiger partial charge >= 0.3 is 0 Å². The lowest BCUT2D eigenvalue weighted by Crippen LogP contribution is -2.47. The van der Waals surface area contributed by atoms with Gasteiger partial charge in [0.25, 0.3) is 0 Å². The van der Waals surface area contributed by atoms with Gasteiger partial charge in [-0.25, -0.2) is 14.4 Å². The molecule has 32 heavy (non-hydrogen) atoms. The summed E-state index contributed by atoms with van der Waals surface area (Å²) in [5.41, 5.74) is 0.980. The van der Waals surface area contributed by atoms with Gasteiger partial charge in [-0.2, -0.15) is 0 Å². The van der Waals surface area contributed by atoms with Crippen molar-refractivity contribution in [1.29, 1.82) is 0 Å². The number of aliphatic imine (C=N–C) groups is 1. The summed E-state index contributed by atoms with van der Waals surface area (Å²) in [6, 6.07) is 3.30. The Bertz CT molecular complexity index is 903. The molecule has 0 bridgehead atoms. The summed E-state index contributed by atoms with van der Waals surface area (Å²) in [5.74, 6) is 3.31. The molecule has 2 aliphatic rings. The molecule has 0 radical (unpaired) electrons. The molecule has 0 aliphatic carbocycles. The van der Waals surface area contributed by atoms with Crippen LogP contribution in [0.15, 0.2) is 27.7 Å². The summed E-state index contributed by atoms with van der Waals surface area (Å²) in [5, 5.41) is 6.98. The molecule has 1 atom stereocenters. The number of guanidine groups is 1. The molecule has 2 N–H and O–H groups in total. The van der Waals surface area contributed by atoms with Gasteiger partial charge in [-0.3, -0.25) is 9.89 Å². The minimum Gasteiger partial charge on any atom is -0.444 e. The van der Waals surface area contributed by atoms with Gasteiger partial charge in [0.15, 0.2) is 17.6 Å². The predicted octanol–water partition coefficient (Wildman–Crippen LogP) is 2.48. The number of likely N-dealkylation sites (tertiary alicyclic amines) is 1. The maximum absolute atomic E-state index is 14.0. The van der Waals surface area contributed by atoms with Crippen LogP contribution in [0.1, 0.15) is 36.6 Å². The smallest absolute Gasteiger partial charge is 0.208 e. The van der Waals surface area contributed by atoms with Crippen LogP contribution in [0.2, 0.25) is 0 Å². The molecule has 0 amide bonds. The lowest BCUT2D eigenvalue weighted by atomic mass is 9.97. The SMILES string of the molecule is CN=C(NCC1CCN(Cc2nc(C)c(C)o2)CC1)NC1CCN(c2ncccc2F)C1. The number of hydrogen-bond acceptors (Lipinski definition) is 6. The maximum Gasteiger partial charge on any atom is 0.208 e. The van der Waals surface area contributed by atoms with Gasteiger partial charge in [-0.05, 0) is 64.3 Å². The molecule has 2 aromatic rings. The first-order chi connectivity index (χ1) is 15.5. The average molecular weight is 444 g/mol. The number of halogens is 1. The molecule has 2 saturated heterocycles. The predicted molar refractivity (Wildman–Crippen MR) is 123 cm³/mol. The summed E-state index contributed by atoms with van der Waals surface area (Å²) in [4.78, 5) is 17.5. The van der Waals surface area contributed by atoms with Crippen molar-refractivity contribution in [2.45, 2.75) is 45.7 Å². The Morgan fingerprint density at radius 3 is 2.75 bits per heavy atom. The second-order valence-electron chi connectivity index (χ2n) is 8.81. The van der Waals surface area contributed by atoms with Crippen molar-refractivity contribution in [2.24, 2.45) is 10.9 Å². The number of anilines is 1. The zero-order valence-electron chi connectivity index (χ0n) is 19.3. The molecular formula is C23H34FN7O. The highest BCUT2D eigenvalue weighted by atomic mass is 19.1. The van der Waals surface area contributed by atoms with Crippen LogP contribution in [0.4, 0.5) is 10.2 Å². The minimum absolute atomic E-state index is 0.220. The van der Waals surface area contributed by atoms with Crippen molar-refractivity contribution >= 4 is 11.8 Å². The van der Waals surface area contributed by atoms with Crippen LogP contribution in [0, 0.1) is 25.6 Å². The van der Waals surface area contributed by atoms with E-state index in [4.69, 9.17) is 4.42 Å². The van der Waals surface area contributed by atoms with Crippen molar-refractivity contribution in [3.8, 4) is 0 Å². The lowest BCUT2D eigenvalue weighted by Gasteiger charge is -2.31. The standard InChI is InChI=1S/C23H34FN7O/c1-16-17(2)32-21(28-16)15-30-10-6-18(7-11-30)13-27-23(25-3)29-19-8-12-31(14-19)22-20(24)5-4-9-26-22/h4-5,9,18-19H,6-8,10-15H2,1-3H3,(H2,25,27,29). The van der Waals surface area contributed by atoms with Gasteiger partial charge in [-0.1, -0.05) is 0 Å². The van der Waals surface area contributed by atoms with Gasteiger partial charge in [0.1, 0.15) is 5.76 Å². The Hall–Kier alpha value is -2.68. The molecule has 0 spiro atoms. The Kier molecular flexibility index (Phi) is 7.24. The fourth-order valence-electron chi connectivity index (χ4n) is 4.46. The molecule has 0 saturated carbocycles. The molecule has 0 aromatic carbocycles. The van der Waals surface area contributed by atoms with E-state index < -0.39 is 0 Å². The molecule has 2 aromatic heterocycles. The number of rotatable bonds is 6. The van der Waals surface area contributed by atoms with Crippen LogP contribution in [0.5, 0.6) is 0 Å². The number of hydrogen-bond donors (Lipinski definition) is 2. The van der Waals surface area contributed by atoms with E-state index in [9.17, 15) is 4.39 Å². The van der Waals surface area contributed by atoms with E-state index in [1.807, 2.05) is 18.7 Å². The third-order valence-electron chi connectivity index (χ3n) is 6.49. The third kappa shape index (κ3) is 5.56. The number of aromatic nitrogens is 2. The summed E-state index contributed by atoms with van der Waals surface area (Å²) in [6.45, 7) is 9.23. The van der Waals surface area contributed by atoms with Gasteiger partial charge < -0.3 is 20.0 Å². The Labute approximate surface area is 189 Å². The Morgan fingerprint density at radius 1 is 1.25 bits per heavy atom.